The number of hydrogen-bond donors (Lipinski definition) is 1. The average Bonchev–Trinajstić information content (AvgIpc) is 2.68. The Labute approximate surface area is 109 Å². The van der Waals surface area contributed by atoms with E-state index in [2.05, 4.69) is 37.6 Å². The molecule has 0 saturated heterocycles. The van der Waals surface area contributed by atoms with Crippen molar-refractivity contribution >= 4 is 11.3 Å². The van der Waals surface area contributed by atoms with E-state index in [1.165, 1.54) is 18.4 Å². The van der Waals surface area contributed by atoms with Gasteiger partial charge >= 0.3 is 0 Å². The highest BCUT2D eigenvalue weighted by atomic mass is 32.1. The maximum Gasteiger partial charge on any atom is 0.0688 e. The molecule has 1 N–H and O–H groups in total. The van der Waals surface area contributed by atoms with Crippen molar-refractivity contribution in [2.24, 2.45) is 11.3 Å². The molecule has 2 rings (SSSR count). The topological polar surface area (TPSA) is 20.2 Å². The normalized spacial score (nSPS) is 30.5. The zero-order chi connectivity index (χ0) is 12.5. The fourth-order valence-corrected chi connectivity index (χ4v) is 3.64. The predicted molar refractivity (Wildman–Crippen MR) is 74.4 cm³/mol. The van der Waals surface area contributed by atoms with E-state index in [1.807, 2.05) is 0 Å². The summed E-state index contributed by atoms with van der Waals surface area (Å²) in [5.41, 5.74) is 1.25. The summed E-state index contributed by atoms with van der Waals surface area (Å²) in [5.74, 6) is 0.769. The molecule has 96 valence electrons. The lowest BCUT2D eigenvalue weighted by molar-refractivity contribution is -0.0244. The van der Waals surface area contributed by atoms with Crippen LogP contribution < -0.4 is 0 Å². The minimum absolute atomic E-state index is 0.393. The highest BCUT2D eigenvalue weighted by Gasteiger charge is 2.37. The van der Waals surface area contributed by atoms with E-state index in [4.69, 9.17) is 0 Å². The van der Waals surface area contributed by atoms with Crippen molar-refractivity contribution in [2.75, 3.05) is 0 Å². The smallest absolute Gasteiger partial charge is 0.0688 e. The molecular weight excluding hydrogens is 228 g/mol. The van der Waals surface area contributed by atoms with Crippen LogP contribution in [0.15, 0.2) is 16.8 Å². The van der Waals surface area contributed by atoms with Gasteiger partial charge in [0, 0.05) is 6.42 Å². The van der Waals surface area contributed by atoms with Gasteiger partial charge in [-0.15, -0.1) is 0 Å². The van der Waals surface area contributed by atoms with Crippen LogP contribution in [0.5, 0.6) is 0 Å². The van der Waals surface area contributed by atoms with Gasteiger partial charge in [0.15, 0.2) is 0 Å². The van der Waals surface area contributed by atoms with Gasteiger partial charge in [-0.05, 0) is 59.4 Å². The first-order valence-corrected chi connectivity index (χ1v) is 7.57. The van der Waals surface area contributed by atoms with E-state index in [1.54, 1.807) is 11.3 Å². The van der Waals surface area contributed by atoms with Crippen molar-refractivity contribution in [1.29, 1.82) is 0 Å². The summed E-state index contributed by atoms with van der Waals surface area (Å²) in [6, 6.07) is 2.14. The second-order valence-electron chi connectivity index (χ2n) is 6.67. The molecule has 1 aromatic heterocycles. The third-order valence-corrected chi connectivity index (χ3v) is 4.99. The fraction of sp³-hybridized carbons (Fsp3) is 0.733. The summed E-state index contributed by atoms with van der Waals surface area (Å²) in [5, 5.41) is 14.9. The Morgan fingerprint density at radius 3 is 2.47 bits per heavy atom. The second-order valence-corrected chi connectivity index (χ2v) is 7.45. The van der Waals surface area contributed by atoms with Crippen LogP contribution in [0, 0.1) is 11.3 Å². The molecule has 1 nitrogen and oxygen atoms in total. The van der Waals surface area contributed by atoms with Gasteiger partial charge in [0.1, 0.15) is 0 Å². The van der Waals surface area contributed by atoms with Crippen LogP contribution in [-0.2, 0) is 6.42 Å². The van der Waals surface area contributed by atoms with E-state index in [-0.39, 0.29) is 0 Å². The monoisotopic (exact) mass is 252 g/mol. The van der Waals surface area contributed by atoms with E-state index < -0.39 is 5.60 Å². The van der Waals surface area contributed by atoms with Gasteiger partial charge in [-0.25, -0.2) is 0 Å². The largest absolute Gasteiger partial charge is 0.390 e. The van der Waals surface area contributed by atoms with Crippen LogP contribution in [0.25, 0.3) is 0 Å². The first-order valence-electron chi connectivity index (χ1n) is 6.63. The highest BCUT2D eigenvalue weighted by molar-refractivity contribution is 7.07. The van der Waals surface area contributed by atoms with Crippen molar-refractivity contribution in [2.45, 2.75) is 58.5 Å². The molecule has 1 saturated carbocycles. The van der Waals surface area contributed by atoms with Gasteiger partial charge in [-0.2, -0.15) is 11.3 Å². The van der Waals surface area contributed by atoms with Gasteiger partial charge in [0.2, 0.25) is 0 Å². The Hall–Kier alpha value is -0.340. The van der Waals surface area contributed by atoms with Gasteiger partial charge in [-0.3, -0.25) is 0 Å². The second kappa shape index (κ2) is 4.74. The van der Waals surface area contributed by atoms with E-state index in [0.717, 1.165) is 25.2 Å². The van der Waals surface area contributed by atoms with Crippen LogP contribution in [0.3, 0.4) is 0 Å². The Kier molecular flexibility index (Phi) is 3.65. The van der Waals surface area contributed by atoms with Gasteiger partial charge < -0.3 is 5.11 Å². The highest BCUT2D eigenvalue weighted by Crippen LogP contribution is 2.42. The summed E-state index contributed by atoms with van der Waals surface area (Å²) in [7, 11) is 0. The minimum Gasteiger partial charge on any atom is -0.390 e. The van der Waals surface area contributed by atoms with Gasteiger partial charge in [-0.1, -0.05) is 20.8 Å². The quantitative estimate of drug-likeness (QED) is 0.834. The number of rotatable bonds is 2. The summed E-state index contributed by atoms with van der Waals surface area (Å²) in [6.45, 7) is 6.96. The lowest BCUT2D eigenvalue weighted by Crippen LogP contribution is -2.39. The van der Waals surface area contributed by atoms with Crippen LogP contribution in [0.2, 0.25) is 0 Å². The Bertz CT molecular complexity index is 339. The Balaban J connectivity index is 1.93. The molecule has 0 amide bonds. The van der Waals surface area contributed by atoms with Crippen LogP contribution in [0.4, 0.5) is 0 Å². The van der Waals surface area contributed by atoms with E-state index >= 15 is 0 Å². The van der Waals surface area contributed by atoms with Gasteiger partial charge in [0.05, 0.1) is 5.60 Å². The standard InChI is InChI=1S/C15H24OS/c1-14(2,3)13-4-7-15(16,8-5-13)10-12-6-9-17-11-12/h6,9,11,13,16H,4-5,7-8,10H2,1-3H3. The zero-order valence-electron chi connectivity index (χ0n) is 11.2. The molecule has 17 heavy (non-hydrogen) atoms. The first kappa shape index (κ1) is 13.1. The van der Waals surface area contributed by atoms with Crippen LogP contribution >= 0.6 is 11.3 Å². The maximum absolute atomic E-state index is 10.6. The van der Waals surface area contributed by atoms with Crippen molar-refractivity contribution in [3.8, 4) is 0 Å². The van der Waals surface area contributed by atoms with Crippen molar-refractivity contribution in [3.05, 3.63) is 22.4 Å². The molecule has 0 unspecified atom stereocenters. The third-order valence-electron chi connectivity index (χ3n) is 4.25. The van der Waals surface area contributed by atoms with Crippen molar-refractivity contribution in [3.63, 3.8) is 0 Å². The van der Waals surface area contributed by atoms with Gasteiger partial charge in [0.25, 0.3) is 0 Å². The molecule has 2 heteroatoms. The summed E-state index contributed by atoms with van der Waals surface area (Å²) < 4.78 is 0. The molecule has 0 spiro atoms. The van der Waals surface area contributed by atoms with Crippen molar-refractivity contribution < 1.29 is 5.11 Å². The molecule has 1 aliphatic rings. The molecule has 1 fully saturated rings. The maximum atomic E-state index is 10.6. The summed E-state index contributed by atoms with van der Waals surface area (Å²) in [6.07, 6.45) is 5.11. The third kappa shape index (κ3) is 3.32. The molecule has 0 bridgehead atoms. The molecule has 1 heterocycles. The lowest BCUT2D eigenvalue weighted by Gasteiger charge is -2.41. The SMILES string of the molecule is CC(C)(C)C1CCC(O)(Cc2ccsc2)CC1. The molecule has 1 aliphatic carbocycles. The Morgan fingerprint density at radius 2 is 2.00 bits per heavy atom. The van der Waals surface area contributed by atoms with E-state index in [9.17, 15) is 5.11 Å². The number of thiophene rings is 1. The van der Waals surface area contributed by atoms with E-state index in [0.29, 0.717) is 5.41 Å². The molecule has 0 radical (unpaired) electrons. The minimum atomic E-state index is -0.442. The number of hydrogen-bond acceptors (Lipinski definition) is 2. The zero-order valence-corrected chi connectivity index (χ0v) is 12.0. The summed E-state index contributed by atoms with van der Waals surface area (Å²) in [4.78, 5) is 0. The molecule has 0 atom stereocenters. The molecule has 1 aromatic rings. The van der Waals surface area contributed by atoms with Crippen LogP contribution in [-0.4, -0.2) is 10.7 Å². The summed E-state index contributed by atoms with van der Waals surface area (Å²) >= 11 is 1.72. The molecule has 0 aromatic carbocycles. The first-order chi connectivity index (χ1) is 7.89. The molecular formula is C15H24OS. The lowest BCUT2D eigenvalue weighted by atomic mass is 9.67. The number of aliphatic hydroxyl groups is 1. The Morgan fingerprint density at radius 1 is 1.35 bits per heavy atom. The average molecular weight is 252 g/mol. The fourth-order valence-electron chi connectivity index (χ4n) is 2.97. The predicted octanol–water partition coefficient (Wildman–Crippen LogP) is 4.26. The molecule has 0 aliphatic heterocycles. The van der Waals surface area contributed by atoms with Crippen molar-refractivity contribution in [1.82, 2.24) is 0 Å². The van der Waals surface area contributed by atoms with Crippen LogP contribution in [0.1, 0.15) is 52.0 Å².